The normalized spacial score (nSPS) is 12.0. The van der Waals surface area contributed by atoms with Crippen molar-refractivity contribution in [3.63, 3.8) is 0 Å². The topological polar surface area (TPSA) is 51.0 Å². The molecule has 4 aromatic rings. The summed E-state index contributed by atoms with van der Waals surface area (Å²) in [6.45, 7) is 1.96. The first-order valence-corrected chi connectivity index (χ1v) is 9.63. The quantitative estimate of drug-likeness (QED) is 0.385. The van der Waals surface area contributed by atoms with Crippen molar-refractivity contribution < 1.29 is 8.81 Å². The van der Waals surface area contributed by atoms with Crippen LogP contribution < -0.4 is 5.32 Å². The molecule has 0 spiro atoms. The van der Waals surface area contributed by atoms with Crippen molar-refractivity contribution in [2.45, 2.75) is 13.0 Å². The molecule has 29 heavy (non-hydrogen) atoms. The van der Waals surface area contributed by atoms with Gasteiger partial charge in [0.1, 0.15) is 11.9 Å². The molecule has 1 aromatic heterocycles. The van der Waals surface area contributed by atoms with Gasteiger partial charge in [-0.25, -0.2) is 4.39 Å². The smallest absolute Gasteiger partial charge is 0.249 e. The molecule has 4 rings (SSSR count). The summed E-state index contributed by atoms with van der Waals surface area (Å²) in [5.74, 6) is 0.279. The van der Waals surface area contributed by atoms with Crippen molar-refractivity contribution in [1.29, 1.82) is 0 Å². The first-order valence-electron chi connectivity index (χ1n) is 8.88. The van der Waals surface area contributed by atoms with Gasteiger partial charge in [-0.1, -0.05) is 53.5 Å². The van der Waals surface area contributed by atoms with E-state index in [1.165, 1.54) is 12.1 Å². The van der Waals surface area contributed by atoms with E-state index in [-0.39, 0.29) is 5.82 Å². The van der Waals surface area contributed by atoms with E-state index in [0.717, 1.165) is 11.1 Å². The third kappa shape index (κ3) is 4.26. The van der Waals surface area contributed by atoms with Crippen LogP contribution in [0.1, 0.15) is 23.1 Å². The van der Waals surface area contributed by atoms with Gasteiger partial charge in [0.25, 0.3) is 0 Å². The van der Waals surface area contributed by atoms with Crippen molar-refractivity contribution in [3.05, 3.63) is 99.6 Å². The Kier molecular flexibility index (Phi) is 5.51. The molecule has 3 aromatic carbocycles. The highest BCUT2D eigenvalue weighted by molar-refractivity contribution is 6.33. The summed E-state index contributed by atoms with van der Waals surface area (Å²) in [5, 5.41) is 12.7. The Labute approximate surface area is 177 Å². The Balaban J connectivity index is 1.74. The van der Waals surface area contributed by atoms with Crippen LogP contribution in [0.3, 0.4) is 0 Å². The second kappa shape index (κ2) is 8.23. The lowest BCUT2D eigenvalue weighted by Gasteiger charge is -2.18. The Morgan fingerprint density at radius 1 is 0.931 bits per heavy atom. The standard InChI is InChI=1S/C22H16Cl2FN3O/c1-13-6-11-19(18(24)12-13)26-20(14-7-9-15(25)10-8-14)22-28-27-21(29-22)16-4-2-3-5-17(16)23/h2-12,20,26H,1H3/t20-/m0/s1. The highest BCUT2D eigenvalue weighted by Gasteiger charge is 2.23. The van der Waals surface area contributed by atoms with E-state index in [2.05, 4.69) is 15.5 Å². The van der Waals surface area contributed by atoms with Crippen LogP contribution in [0.2, 0.25) is 10.0 Å². The lowest BCUT2D eigenvalue weighted by molar-refractivity contribution is 0.494. The zero-order valence-corrected chi connectivity index (χ0v) is 16.9. The number of hydrogen-bond acceptors (Lipinski definition) is 4. The molecule has 0 aliphatic rings. The predicted octanol–water partition coefficient (Wildman–Crippen LogP) is 6.69. The largest absolute Gasteiger partial charge is 0.418 e. The van der Waals surface area contributed by atoms with Crippen LogP contribution in [0.15, 0.2) is 71.1 Å². The van der Waals surface area contributed by atoms with Crippen molar-refractivity contribution in [1.82, 2.24) is 10.2 Å². The van der Waals surface area contributed by atoms with Crippen molar-refractivity contribution in [2.24, 2.45) is 0 Å². The van der Waals surface area contributed by atoms with Crippen LogP contribution in [-0.2, 0) is 0 Å². The van der Waals surface area contributed by atoms with Gasteiger partial charge in [-0.15, -0.1) is 10.2 Å². The Bertz CT molecular complexity index is 1150. The molecule has 0 bridgehead atoms. The molecule has 0 unspecified atom stereocenters. The van der Waals surface area contributed by atoms with Gasteiger partial charge in [-0.3, -0.25) is 0 Å². The lowest BCUT2D eigenvalue weighted by atomic mass is 10.1. The summed E-state index contributed by atoms with van der Waals surface area (Å²) >= 11 is 12.6. The van der Waals surface area contributed by atoms with E-state index in [1.807, 2.05) is 37.3 Å². The fraction of sp³-hybridized carbons (Fsp3) is 0.0909. The number of hydrogen-bond donors (Lipinski definition) is 1. The van der Waals surface area contributed by atoms with Gasteiger partial charge in [0, 0.05) is 0 Å². The fourth-order valence-corrected chi connectivity index (χ4v) is 3.44. The maximum atomic E-state index is 13.5. The minimum Gasteiger partial charge on any atom is -0.418 e. The highest BCUT2D eigenvalue weighted by Crippen LogP contribution is 2.33. The molecule has 0 radical (unpaired) electrons. The first kappa shape index (κ1) is 19.4. The second-order valence-corrected chi connectivity index (χ2v) is 7.35. The molecular formula is C22H16Cl2FN3O. The highest BCUT2D eigenvalue weighted by atomic mass is 35.5. The van der Waals surface area contributed by atoms with Gasteiger partial charge in [0.05, 0.1) is 21.3 Å². The molecule has 0 saturated carbocycles. The SMILES string of the molecule is Cc1ccc(N[C@@H](c2ccc(F)cc2)c2nnc(-c3ccccc3Cl)o2)c(Cl)c1. The number of aryl methyl sites for hydroxylation is 1. The molecule has 0 saturated heterocycles. The second-order valence-electron chi connectivity index (χ2n) is 6.54. The summed E-state index contributed by atoms with van der Waals surface area (Å²) in [6, 6.07) is 18.4. The first-order chi connectivity index (χ1) is 14.0. The van der Waals surface area contributed by atoms with Crippen LogP contribution in [0.25, 0.3) is 11.5 Å². The number of aromatic nitrogens is 2. The minimum atomic E-state index is -0.528. The van der Waals surface area contributed by atoms with E-state index in [1.54, 1.807) is 24.3 Å². The summed E-state index contributed by atoms with van der Waals surface area (Å²) in [5.41, 5.74) is 3.12. The number of nitrogens with one attached hydrogen (secondary N) is 1. The van der Waals surface area contributed by atoms with Gasteiger partial charge < -0.3 is 9.73 Å². The maximum absolute atomic E-state index is 13.5. The molecule has 0 aliphatic carbocycles. The molecule has 0 amide bonds. The number of anilines is 1. The average molecular weight is 428 g/mol. The van der Waals surface area contributed by atoms with E-state index < -0.39 is 6.04 Å². The average Bonchev–Trinajstić information content (AvgIpc) is 3.18. The summed E-state index contributed by atoms with van der Waals surface area (Å²) < 4.78 is 19.4. The number of rotatable bonds is 5. The van der Waals surface area contributed by atoms with Gasteiger partial charge in [-0.05, 0) is 54.4 Å². The summed E-state index contributed by atoms with van der Waals surface area (Å²) in [7, 11) is 0. The zero-order valence-electron chi connectivity index (χ0n) is 15.4. The number of halogens is 3. The molecule has 0 aliphatic heterocycles. The number of nitrogens with zero attached hydrogens (tertiary/aromatic N) is 2. The third-order valence-electron chi connectivity index (χ3n) is 4.42. The van der Waals surface area contributed by atoms with Gasteiger partial charge in [-0.2, -0.15) is 0 Å². The Hall–Kier alpha value is -2.89. The monoisotopic (exact) mass is 427 g/mol. The fourth-order valence-electron chi connectivity index (χ4n) is 2.93. The van der Waals surface area contributed by atoms with E-state index >= 15 is 0 Å². The van der Waals surface area contributed by atoms with E-state index in [4.69, 9.17) is 27.6 Å². The molecule has 1 atom stereocenters. The molecule has 4 nitrogen and oxygen atoms in total. The van der Waals surface area contributed by atoms with Crippen molar-refractivity contribution in [3.8, 4) is 11.5 Å². The lowest BCUT2D eigenvalue weighted by Crippen LogP contribution is -2.13. The molecule has 1 N–H and O–H groups in total. The van der Waals surface area contributed by atoms with Crippen molar-refractivity contribution >= 4 is 28.9 Å². The molecular weight excluding hydrogens is 412 g/mol. The van der Waals surface area contributed by atoms with E-state index in [0.29, 0.717) is 33.1 Å². The van der Waals surface area contributed by atoms with Crippen LogP contribution in [0.4, 0.5) is 10.1 Å². The van der Waals surface area contributed by atoms with Gasteiger partial charge >= 0.3 is 0 Å². The van der Waals surface area contributed by atoms with Gasteiger partial charge in [0.2, 0.25) is 11.8 Å². The summed E-state index contributed by atoms with van der Waals surface area (Å²) in [4.78, 5) is 0. The molecule has 0 fully saturated rings. The molecule has 7 heteroatoms. The Morgan fingerprint density at radius 2 is 1.69 bits per heavy atom. The zero-order chi connectivity index (χ0) is 20.4. The van der Waals surface area contributed by atoms with Crippen LogP contribution >= 0.6 is 23.2 Å². The van der Waals surface area contributed by atoms with Crippen LogP contribution in [-0.4, -0.2) is 10.2 Å². The van der Waals surface area contributed by atoms with E-state index in [9.17, 15) is 4.39 Å². The van der Waals surface area contributed by atoms with Gasteiger partial charge in [0.15, 0.2) is 0 Å². The maximum Gasteiger partial charge on any atom is 0.249 e. The van der Waals surface area contributed by atoms with Crippen molar-refractivity contribution in [2.75, 3.05) is 5.32 Å². The summed E-state index contributed by atoms with van der Waals surface area (Å²) in [6.07, 6.45) is 0. The third-order valence-corrected chi connectivity index (χ3v) is 5.06. The van der Waals surface area contributed by atoms with Crippen LogP contribution in [0.5, 0.6) is 0 Å². The molecule has 1 heterocycles. The Morgan fingerprint density at radius 3 is 2.41 bits per heavy atom. The number of benzene rings is 3. The minimum absolute atomic E-state index is 0.300. The predicted molar refractivity (Wildman–Crippen MR) is 113 cm³/mol. The molecule has 146 valence electrons. The van der Waals surface area contributed by atoms with Crippen LogP contribution in [0, 0.1) is 12.7 Å².